The molecular weight excluding hydrogens is 369 g/mol. The summed E-state index contributed by atoms with van der Waals surface area (Å²) in [7, 11) is 1.86. The number of thiazole rings is 1. The number of hydrogen-bond donors (Lipinski definition) is 2. The summed E-state index contributed by atoms with van der Waals surface area (Å²) in [6.45, 7) is 5.18. The standard InChI is InChI=1S/C16H21N3O2S.2ClH/c1-4-21-13-7-5-12(6-8-13)16-19-14(10-22-16)15(20)18-9-11(2)17-3;;/h5-8,10-11,17H,4,9H2,1-3H3,(H,18,20);2*1H. The summed E-state index contributed by atoms with van der Waals surface area (Å²) in [5.41, 5.74) is 1.44. The molecule has 0 fully saturated rings. The summed E-state index contributed by atoms with van der Waals surface area (Å²) >= 11 is 1.46. The zero-order valence-electron chi connectivity index (χ0n) is 13.9. The fourth-order valence-corrected chi connectivity index (χ4v) is 2.62. The van der Waals surface area contributed by atoms with Crippen molar-refractivity contribution in [2.45, 2.75) is 19.9 Å². The lowest BCUT2D eigenvalue weighted by atomic mass is 10.2. The van der Waals surface area contributed by atoms with Gasteiger partial charge in [-0.15, -0.1) is 36.2 Å². The van der Waals surface area contributed by atoms with E-state index in [-0.39, 0.29) is 36.8 Å². The van der Waals surface area contributed by atoms with Crippen molar-refractivity contribution in [3.8, 4) is 16.3 Å². The number of halogens is 2. The number of likely N-dealkylation sites (N-methyl/N-ethyl adjacent to an activating group) is 1. The van der Waals surface area contributed by atoms with Gasteiger partial charge >= 0.3 is 0 Å². The highest BCUT2D eigenvalue weighted by molar-refractivity contribution is 7.13. The Kier molecular flexibility index (Phi) is 10.6. The third-order valence-corrected chi connectivity index (χ3v) is 4.10. The van der Waals surface area contributed by atoms with Gasteiger partial charge in [0.25, 0.3) is 5.91 Å². The molecule has 0 spiro atoms. The monoisotopic (exact) mass is 391 g/mol. The molecule has 134 valence electrons. The van der Waals surface area contributed by atoms with Crippen molar-refractivity contribution in [2.75, 3.05) is 20.2 Å². The number of ether oxygens (including phenoxy) is 1. The number of amides is 1. The van der Waals surface area contributed by atoms with Crippen LogP contribution in [0.25, 0.3) is 10.6 Å². The maximum Gasteiger partial charge on any atom is 0.270 e. The molecule has 1 aromatic heterocycles. The molecule has 2 aromatic rings. The van der Waals surface area contributed by atoms with Gasteiger partial charge in [-0.25, -0.2) is 4.98 Å². The van der Waals surface area contributed by atoms with Crippen LogP contribution in [-0.2, 0) is 0 Å². The van der Waals surface area contributed by atoms with E-state index in [1.807, 2.05) is 45.2 Å². The van der Waals surface area contributed by atoms with Crippen LogP contribution in [0.3, 0.4) is 0 Å². The third kappa shape index (κ3) is 6.28. The van der Waals surface area contributed by atoms with Gasteiger partial charge in [0.05, 0.1) is 6.61 Å². The van der Waals surface area contributed by atoms with Crippen LogP contribution < -0.4 is 15.4 Å². The minimum absolute atomic E-state index is 0. The molecule has 1 heterocycles. The average molecular weight is 392 g/mol. The van der Waals surface area contributed by atoms with Crippen LogP contribution in [0.15, 0.2) is 29.6 Å². The smallest absolute Gasteiger partial charge is 0.270 e. The number of nitrogens with one attached hydrogen (secondary N) is 2. The van der Waals surface area contributed by atoms with Gasteiger partial charge in [-0.3, -0.25) is 4.79 Å². The number of carbonyl (C=O) groups excluding carboxylic acids is 1. The maximum absolute atomic E-state index is 12.0. The Hall–Kier alpha value is -1.34. The van der Waals surface area contributed by atoms with Crippen LogP contribution in [0.5, 0.6) is 5.75 Å². The van der Waals surface area contributed by atoms with Gasteiger partial charge in [-0.1, -0.05) is 0 Å². The van der Waals surface area contributed by atoms with E-state index < -0.39 is 0 Å². The van der Waals surface area contributed by atoms with Crippen LogP contribution in [0.1, 0.15) is 24.3 Å². The van der Waals surface area contributed by atoms with E-state index in [9.17, 15) is 4.79 Å². The molecule has 1 unspecified atom stereocenters. The van der Waals surface area contributed by atoms with Crippen molar-refractivity contribution < 1.29 is 9.53 Å². The first-order valence-electron chi connectivity index (χ1n) is 7.28. The van der Waals surface area contributed by atoms with Gasteiger partial charge in [0.1, 0.15) is 16.5 Å². The average Bonchev–Trinajstić information content (AvgIpc) is 3.03. The highest BCUT2D eigenvalue weighted by atomic mass is 35.5. The molecule has 24 heavy (non-hydrogen) atoms. The molecule has 0 radical (unpaired) electrons. The molecule has 5 nitrogen and oxygen atoms in total. The molecule has 1 aromatic carbocycles. The first-order valence-corrected chi connectivity index (χ1v) is 8.16. The zero-order valence-corrected chi connectivity index (χ0v) is 16.3. The molecule has 0 saturated heterocycles. The Bertz CT molecular complexity index is 620. The first-order chi connectivity index (χ1) is 10.6. The van der Waals surface area contributed by atoms with Crippen molar-refractivity contribution in [3.63, 3.8) is 0 Å². The second kappa shape index (κ2) is 11.3. The second-order valence-corrected chi connectivity index (χ2v) is 5.75. The van der Waals surface area contributed by atoms with Crippen molar-refractivity contribution in [2.24, 2.45) is 0 Å². The number of rotatable bonds is 7. The third-order valence-electron chi connectivity index (χ3n) is 3.21. The summed E-state index contributed by atoms with van der Waals surface area (Å²) in [4.78, 5) is 16.4. The second-order valence-electron chi connectivity index (χ2n) is 4.90. The van der Waals surface area contributed by atoms with Crippen molar-refractivity contribution in [1.82, 2.24) is 15.6 Å². The van der Waals surface area contributed by atoms with Gasteiger partial charge < -0.3 is 15.4 Å². The molecule has 1 atom stereocenters. The van der Waals surface area contributed by atoms with E-state index in [4.69, 9.17) is 4.74 Å². The molecule has 0 aliphatic rings. The lowest BCUT2D eigenvalue weighted by molar-refractivity contribution is 0.0946. The van der Waals surface area contributed by atoms with Gasteiger partial charge in [0.2, 0.25) is 0 Å². The van der Waals surface area contributed by atoms with E-state index in [1.165, 1.54) is 11.3 Å². The van der Waals surface area contributed by atoms with Crippen LogP contribution in [-0.4, -0.2) is 37.1 Å². The van der Waals surface area contributed by atoms with Crippen LogP contribution in [0.2, 0.25) is 0 Å². The highest BCUT2D eigenvalue weighted by Crippen LogP contribution is 2.25. The van der Waals surface area contributed by atoms with E-state index in [2.05, 4.69) is 15.6 Å². The SMILES string of the molecule is CCOc1ccc(-c2nc(C(=O)NCC(C)NC)cs2)cc1.Cl.Cl. The lowest BCUT2D eigenvalue weighted by Gasteiger charge is -2.10. The molecule has 0 aliphatic carbocycles. The van der Waals surface area contributed by atoms with Crippen LogP contribution in [0, 0.1) is 0 Å². The Labute approximate surface area is 159 Å². The molecule has 0 aliphatic heterocycles. The normalized spacial score (nSPS) is 11.0. The van der Waals surface area contributed by atoms with E-state index in [1.54, 1.807) is 5.38 Å². The molecule has 1 amide bonds. The van der Waals surface area contributed by atoms with Gasteiger partial charge in [-0.05, 0) is 45.2 Å². The van der Waals surface area contributed by atoms with Crippen LogP contribution in [0.4, 0.5) is 0 Å². The predicted octanol–water partition coefficient (Wildman–Crippen LogP) is 3.39. The quantitative estimate of drug-likeness (QED) is 0.758. The van der Waals surface area contributed by atoms with E-state index >= 15 is 0 Å². The Morgan fingerprint density at radius 1 is 1.29 bits per heavy atom. The molecule has 0 bridgehead atoms. The molecular formula is C16H23Cl2N3O2S. The van der Waals surface area contributed by atoms with Crippen molar-refractivity contribution in [3.05, 3.63) is 35.3 Å². The maximum atomic E-state index is 12.0. The van der Waals surface area contributed by atoms with E-state index in [0.717, 1.165) is 16.3 Å². The number of benzene rings is 1. The summed E-state index contributed by atoms with van der Waals surface area (Å²) in [6.07, 6.45) is 0. The Balaban J connectivity index is 0.00000264. The summed E-state index contributed by atoms with van der Waals surface area (Å²) < 4.78 is 5.42. The number of carbonyl (C=O) groups is 1. The fraction of sp³-hybridized carbons (Fsp3) is 0.375. The minimum Gasteiger partial charge on any atom is -0.494 e. The minimum atomic E-state index is -0.143. The number of nitrogens with zero attached hydrogens (tertiary/aromatic N) is 1. The lowest BCUT2D eigenvalue weighted by Crippen LogP contribution is -2.37. The van der Waals surface area contributed by atoms with Gasteiger partial charge in [0, 0.05) is 23.5 Å². The molecule has 2 N–H and O–H groups in total. The highest BCUT2D eigenvalue weighted by Gasteiger charge is 2.12. The summed E-state index contributed by atoms with van der Waals surface area (Å²) in [5, 5.41) is 8.55. The molecule has 8 heteroatoms. The zero-order chi connectivity index (χ0) is 15.9. The topological polar surface area (TPSA) is 63.2 Å². The Morgan fingerprint density at radius 3 is 2.54 bits per heavy atom. The first kappa shape index (κ1) is 22.7. The fourth-order valence-electron chi connectivity index (χ4n) is 1.81. The molecule has 0 saturated carbocycles. The van der Waals surface area contributed by atoms with Crippen molar-refractivity contribution >= 4 is 42.1 Å². The largest absolute Gasteiger partial charge is 0.494 e. The van der Waals surface area contributed by atoms with Crippen molar-refractivity contribution in [1.29, 1.82) is 0 Å². The number of hydrogen-bond acceptors (Lipinski definition) is 5. The van der Waals surface area contributed by atoms with Gasteiger partial charge in [-0.2, -0.15) is 0 Å². The number of aromatic nitrogens is 1. The van der Waals surface area contributed by atoms with Gasteiger partial charge in [0.15, 0.2) is 0 Å². The summed E-state index contributed by atoms with van der Waals surface area (Å²) in [5.74, 6) is 0.692. The predicted molar refractivity (Wildman–Crippen MR) is 104 cm³/mol. The Morgan fingerprint density at radius 2 is 1.96 bits per heavy atom. The molecule has 2 rings (SSSR count). The summed E-state index contributed by atoms with van der Waals surface area (Å²) in [6, 6.07) is 7.96. The van der Waals surface area contributed by atoms with Crippen LogP contribution >= 0.6 is 36.2 Å². The van der Waals surface area contributed by atoms with E-state index in [0.29, 0.717) is 18.8 Å².